The molecule has 0 atom stereocenters. The highest BCUT2D eigenvalue weighted by molar-refractivity contribution is 5.97. The SMILES string of the molecule is CCCn1cncc1Cn1ccc2c(C=O)cccc21. The summed E-state index contributed by atoms with van der Waals surface area (Å²) >= 11 is 0. The Balaban J connectivity index is 1.99. The Kier molecular flexibility index (Phi) is 3.37. The van der Waals surface area contributed by atoms with Gasteiger partial charge in [-0.15, -0.1) is 0 Å². The molecule has 0 saturated carbocycles. The lowest BCUT2D eigenvalue weighted by Gasteiger charge is -2.09. The van der Waals surface area contributed by atoms with Gasteiger partial charge in [-0.2, -0.15) is 0 Å². The highest BCUT2D eigenvalue weighted by Crippen LogP contribution is 2.20. The molecule has 0 fully saturated rings. The van der Waals surface area contributed by atoms with E-state index < -0.39 is 0 Å². The average molecular weight is 267 g/mol. The van der Waals surface area contributed by atoms with Crippen molar-refractivity contribution in [2.45, 2.75) is 26.4 Å². The summed E-state index contributed by atoms with van der Waals surface area (Å²) in [4.78, 5) is 15.3. The van der Waals surface area contributed by atoms with Gasteiger partial charge in [0, 0.05) is 35.4 Å². The first-order valence-corrected chi connectivity index (χ1v) is 6.85. The predicted molar refractivity (Wildman–Crippen MR) is 78.9 cm³/mol. The normalized spacial score (nSPS) is 11.1. The molecule has 0 radical (unpaired) electrons. The number of nitrogens with zero attached hydrogens (tertiary/aromatic N) is 3. The molecule has 4 nitrogen and oxygen atoms in total. The number of benzene rings is 1. The molecular weight excluding hydrogens is 250 g/mol. The first-order valence-electron chi connectivity index (χ1n) is 6.85. The number of aldehydes is 1. The molecule has 3 aromatic rings. The van der Waals surface area contributed by atoms with E-state index in [1.165, 1.54) is 5.69 Å². The Bertz CT molecular complexity index is 739. The highest BCUT2D eigenvalue weighted by Gasteiger charge is 2.07. The van der Waals surface area contributed by atoms with Gasteiger partial charge < -0.3 is 9.13 Å². The van der Waals surface area contributed by atoms with Gasteiger partial charge in [0.05, 0.1) is 18.6 Å². The van der Waals surface area contributed by atoms with Crippen LogP contribution in [0.2, 0.25) is 0 Å². The molecule has 2 heterocycles. The third-order valence-corrected chi connectivity index (χ3v) is 3.57. The molecule has 3 rings (SSSR count). The second kappa shape index (κ2) is 5.33. The Morgan fingerprint density at radius 1 is 1.25 bits per heavy atom. The van der Waals surface area contributed by atoms with Crippen molar-refractivity contribution >= 4 is 17.2 Å². The highest BCUT2D eigenvalue weighted by atomic mass is 16.1. The maximum absolute atomic E-state index is 11.1. The monoisotopic (exact) mass is 267 g/mol. The number of carbonyl (C=O) groups is 1. The summed E-state index contributed by atoms with van der Waals surface area (Å²) in [5, 5.41) is 1.00. The average Bonchev–Trinajstić information content (AvgIpc) is 3.07. The molecular formula is C16H17N3O. The van der Waals surface area contributed by atoms with Crippen LogP contribution in [0.1, 0.15) is 29.4 Å². The predicted octanol–water partition coefficient (Wildman–Crippen LogP) is 3.11. The van der Waals surface area contributed by atoms with Crippen LogP contribution in [-0.2, 0) is 13.1 Å². The van der Waals surface area contributed by atoms with E-state index in [2.05, 4.69) is 21.0 Å². The summed E-state index contributed by atoms with van der Waals surface area (Å²) in [6.45, 7) is 3.91. The summed E-state index contributed by atoms with van der Waals surface area (Å²) in [6.07, 6.45) is 7.81. The number of carbonyl (C=O) groups excluding carboxylic acids is 1. The van der Waals surface area contributed by atoms with Gasteiger partial charge in [0.2, 0.25) is 0 Å². The van der Waals surface area contributed by atoms with Crippen molar-refractivity contribution in [3.8, 4) is 0 Å². The van der Waals surface area contributed by atoms with Crippen molar-refractivity contribution in [3.63, 3.8) is 0 Å². The van der Waals surface area contributed by atoms with E-state index in [0.717, 1.165) is 42.3 Å². The standard InChI is InChI=1S/C16H17N3O/c1-2-7-19-12-17-9-14(19)10-18-8-6-15-13(11-20)4-3-5-16(15)18/h3-6,8-9,11-12H,2,7,10H2,1H3. The van der Waals surface area contributed by atoms with Crippen LogP contribution in [-0.4, -0.2) is 20.4 Å². The molecule has 0 aliphatic rings. The van der Waals surface area contributed by atoms with Crippen molar-refractivity contribution < 1.29 is 4.79 Å². The molecule has 20 heavy (non-hydrogen) atoms. The van der Waals surface area contributed by atoms with Crippen molar-refractivity contribution in [1.82, 2.24) is 14.1 Å². The van der Waals surface area contributed by atoms with Crippen LogP contribution in [0.25, 0.3) is 10.9 Å². The van der Waals surface area contributed by atoms with Crippen molar-refractivity contribution in [3.05, 3.63) is 54.2 Å². The van der Waals surface area contributed by atoms with Gasteiger partial charge in [-0.3, -0.25) is 4.79 Å². The third-order valence-electron chi connectivity index (χ3n) is 3.57. The van der Waals surface area contributed by atoms with Gasteiger partial charge in [-0.05, 0) is 18.6 Å². The fraction of sp³-hybridized carbons (Fsp3) is 0.250. The minimum Gasteiger partial charge on any atom is -0.341 e. The molecule has 0 N–H and O–H groups in total. The van der Waals surface area contributed by atoms with Gasteiger partial charge in [0.1, 0.15) is 0 Å². The van der Waals surface area contributed by atoms with Crippen molar-refractivity contribution in [2.75, 3.05) is 0 Å². The molecule has 0 spiro atoms. The number of hydrogen-bond donors (Lipinski definition) is 0. The Morgan fingerprint density at radius 3 is 2.95 bits per heavy atom. The van der Waals surface area contributed by atoms with E-state index in [9.17, 15) is 4.79 Å². The molecule has 0 bridgehead atoms. The topological polar surface area (TPSA) is 39.8 Å². The largest absolute Gasteiger partial charge is 0.341 e. The fourth-order valence-electron chi connectivity index (χ4n) is 2.58. The zero-order valence-electron chi connectivity index (χ0n) is 11.5. The molecule has 2 aromatic heterocycles. The first-order chi connectivity index (χ1) is 9.83. The molecule has 102 valence electrons. The summed E-state index contributed by atoms with van der Waals surface area (Å²) in [5.41, 5.74) is 3.00. The second-order valence-electron chi connectivity index (χ2n) is 4.92. The van der Waals surface area contributed by atoms with Gasteiger partial charge >= 0.3 is 0 Å². The zero-order valence-corrected chi connectivity index (χ0v) is 11.5. The minimum atomic E-state index is 0.739. The molecule has 0 amide bonds. The lowest BCUT2D eigenvalue weighted by molar-refractivity contribution is 0.112. The summed E-state index contributed by atoms with van der Waals surface area (Å²) in [6, 6.07) is 7.81. The maximum atomic E-state index is 11.1. The van der Waals surface area contributed by atoms with E-state index in [-0.39, 0.29) is 0 Å². The third kappa shape index (κ3) is 2.13. The van der Waals surface area contributed by atoms with E-state index in [4.69, 9.17) is 0 Å². The number of fused-ring (bicyclic) bond motifs is 1. The molecule has 0 unspecified atom stereocenters. The molecule has 0 aliphatic heterocycles. The Hall–Kier alpha value is -2.36. The minimum absolute atomic E-state index is 0.739. The smallest absolute Gasteiger partial charge is 0.150 e. The molecule has 0 saturated heterocycles. The summed E-state index contributed by atoms with van der Waals surface area (Å²) < 4.78 is 4.33. The molecule has 4 heteroatoms. The quantitative estimate of drug-likeness (QED) is 0.666. The van der Waals surface area contributed by atoms with Crippen LogP contribution in [0.5, 0.6) is 0 Å². The van der Waals surface area contributed by atoms with E-state index in [1.54, 1.807) is 0 Å². The Morgan fingerprint density at radius 2 is 2.15 bits per heavy atom. The van der Waals surface area contributed by atoms with Crippen LogP contribution in [0.3, 0.4) is 0 Å². The number of aromatic nitrogens is 3. The van der Waals surface area contributed by atoms with Gasteiger partial charge in [-0.1, -0.05) is 19.1 Å². The van der Waals surface area contributed by atoms with Crippen LogP contribution in [0.4, 0.5) is 0 Å². The van der Waals surface area contributed by atoms with E-state index in [1.807, 2.05) is 43.0 Å². The van der Waals surface area contributed by atoms with Crippen LogP contribution < -0.4 is 0 Å². The zero-order chi connectivity index (χ0) is 13.9. The van der Waals surface area contributed by atoms with Crippen LogP contribution in [0, 0.1) is 0 Å². The van der Waals surface area contributed by atoms with Gasteiger partial charge in [-0.25, -0.2) is 4.98 Å². The van der Waals surface area contributed by atoms with Crippen molar-refractivity contribution in [2.24, 2.45) is 0 Å². The second-order valence-corrected chi connectivity index (χ2v) is 4.92. The summed E-state index contributed by atoms with van der Waals surface area (Å²) in [5.74, 6) is 0. The first kappa shape index (κ1) is 12.7. The number of hydrogen-bond acceptors (Lipinski definition) is 2. The fourth-order valence-corrected chi connectivity index (χ4v) is 2.58. The van der Waals surface area contributed by atoms with E-state index >= 15 is 0 Å². The summed E-state index contributed by atoms with van der Waals surface area (Å²) in [7, 11) is 0. The number of imidazole rings is 1. The number of aryl methyl sites for hydroxylation is 1. The van der Waals surface area contributed by atoms with E-state index in [0.29, 0.717) is 0 Å². The van der Waals surface area contributed by atoms with Crippen LogP contribution >= 0.6 is 0 Å². The lowest BCUT2D eigenvalue weighted by atomic mass is 10.1. The molecule has 1 aromatic carbocycles. The van der Waals surface area contributed by atoms with Crippen LogP contribution in [0.15, 0.2) is 43.0 Å². The number of rotatable bonds is 5. The molecule has 0 aliphatic carbocycles. The van der Waals surface area contributed by atoms with Gasteiger partial charge in [0.25, 0.3) is 0 Å². The van der Waals surface area contributed by atoms with Crippen molar-refractivity contribution in [1.29, 1.82) is 0 Å². The Labute approximate surface area is 117 Å². The van der Waals surface area contributed by atoms with Gasteiger partial charge in [0.15, 0.2) is 6.29 Å². The maximum Gasteiger partial charge on any atom is 0.150 e. The lowest BCUT2D eigenvalue weighted by Crippen LogP contribution is -2.06.